The summed E-state index contributed by atoms with van der Waals surface area (Å²) in [5.41, 5.74) is 2.18. The van der Waals surface area contributed by atoms with Gasteiger partial charge < -0.3 is 10.6 Å². The molecule has 26 heavy (non-hydrogen) atoms. The van der Waals surface area contributed by atoms with Gasteiger partial charge in [0, 0.05) is 30.9 Å². The van der Waals surface area contributed by atoms with E-state index in [0.717, 1.165) is 18.4 Å². The number of nitrogens with zero attached hydrogens (tertiary/aromatic N) is 1. The van der Waals surface area contributed by atoms with Crippen molar-refractivity contribution in [3.63, 3.8) is 0 Å². The normalized spacial score (nSPS) is 13.5. The maximum atomic E-state index is 13.0. The summed E-state index contributed by atoms with van der Waals surface area (Å²) in [6, 6.07) is 13.6. The second-order valence-electron chi connectivity index (χ2n) is 6.47. The van der Waals surface area contributed by atoms with E-state index < -0.39 is 0 Å². The van der Waals surface area contributed by atoms with Crippen LogP contribution in [-0.4, -0.2) is 36.3 Å². The Labute approximate surface area is 152 Å². The van der Waals surface area contributed by atoms with Gasteiger partial charge in [-0.25, -0.2) is 4.39 Å². The van der Waals surface area contributed by atoms with E-state index in [0.29, 0.717) is 23.8 Å². The third-order valence-electron chi connectivity index (χ3n) is 4.37. The molecule has 0 saturated heterocycles. The van der Waals surface area contributed by atoms with Crippen LogP contribution in [0.5, 0.6) is 0 Å². The monoisotopic (exact) mass is 355 g/mol. The average Bonchev–Trinajstić information content (AvgIpc) is 3.48. The van der Waals surface area contributed by atoms with Crippen LogP contribution in [0.15, 0.2) is 48.5 Å². The molecule has 1 aliphatic rings. The smallest absolute Gasteiger partial charge is 0.251 e. The molecule has 0 heterocycles. The minimum Gasteiger partial charge on any atom is -0.355 e. The molecule has 2 aromatic rings. The Morgan fingerprint density at radius 3 is 2.31 bits per heavy atom. The van der Waals surface area contributed by atoms with Gasteiger partial charge in [-0.1, -0.05) is 12.1 Å². The van der Waals surface area contributed by atoms with Crippen LogP contribution >= 0.6 is 0 Å². The second-order valence-corrected chi connectivity index (χ2v) is 6.47. The van der Waals surface area contributed by atoms with E-state index in [1.165, 1.54) is 12.1 Å². The lowest BCUT2D eigenvalue weighted by molar-refractivity contribution is -0.117. The topological polar surface area (TPSA) is 61.4 Å². The van der Waals surface area contributed by atoms with Gasteiger partial charge in [0.2, 0.25) is 5.91 Å². The molecule has 0 spiro atoms. The molecule has 0 aliphatic heterocycles. The molecule has 6 heteroatoms. The third kappa shape index (κ3) is 4.89. The van der Waals surface area contributed by atoms with Crippen molar-refractivity contribution in [2.75, 3.05) is 18.9 Å². The Balaban J connectivity index is 1.58. The molecule has 136 valence electrons. The van der Waals surface area contributed by atoms with E-state index in [-0.39, 0.29) is 24.2 Å². The number of anilines is 1. The highest BCUT2D eigenvalue weighted by Gasteiger charge is 2.30. The van der Waals surface area contributed by atoms with Crippen LogP contribution in [0.2, 0.25) is 0 Å². The predicted molar refractivity (Wildman–Crippen MR) is 98.3 cm³/mol. The first-order valence-electron chi connectivity index (χ1n) is 8.65. The fourth-order valence-corrected chi connectivity index (χ4v) is 2.81. The first-order chi connectivity index (χ1) is 12.5. The van der Waals surface area contributed by atoms with E-state index in [4.69, 9.17) is 0 Å². The molecule has 1 saturated carbocycles. The first-order valence-corrected chi connectivity index (χ1v) is 8.65. The average molecular weight is 355 g/mol. The van der Waals surface area contributed by atoms with E-state index in [1.54, 1.807) is 43.4 Å². The van der Waals surface area contributed by atoms with Crippen LogP contribution in [-0.2, 0) is 11.3 Å². The van der Waals surface area contributed by atoms with E-state index in [2.05, 4.69) is 15.5 Å². The van der Waals surface area contributed by atoms with Gasteiger partial charge in [-0.3, -0.25) is 14.5 Å². The van der Waals surface area contributed by atoms with Crippen LogP contribution in [0.4, 0.5) is 10.1 Å². The van der Waals surface area contributed by atoms with Gasteiger partial charge >= 0.3 is 0 Å². The Kier molecular flexibility index (Phi) is 5.63. The molecule has 0 bridgehead atoms. The second kappa shape index (κ2) is 8.10. The van der Waals surface area contributed by atoms with Gasteiger partial charge in [0.25, 0.3) is 5.91 Å². The van der Waals surface area contributed by atoms with Crippen molar-refractivity contribution >= 4 is 17.5 Å². The Morgan fingerprint density at radius 2 is 1.73 bits per heavy atom. The van der Waals surface area contributed by atoms with Crippen molar-refractivity contribution in [1.82, 2.24) is 10.2 Å². The molecule has 0 unspecified atom stereocenters. The molecule has 1 fully saturated rings. The molecule has 3 rings (SSSR count). The zero-order valence-corrected chi connectivity index (χ0v) is 14.7. The van der Waals surface area contributed by atoms with E-state index in [9.17, 15) is 14.0 Å². The number of halogens is 1. The minimum atomic E-state index is -0.260. The number of carbonyl (C=O) groups is 2. The Bertz CT molecular complexity index is 771. The Morgan fingerprint density at radius 1 is 1.08 bits per heavy atom. The van der Waals surface area contributed by atoms with Gasteiger partial charge in [0.15, 0.2) is 0 Å². The molecule has 2 N–H and O–H groups in total. The summed E-state index contributed by atoms with van der Waals surface area (Å²) in [5, 5.41) is 5.42. The zero-order valence-electron chi connectivity index (χ0n) is 14.7. The van der Waals surface area contributed by atoms with Gasteiger partial charge in [0.05, 0.1) is 6.54 Å². The summed E-state index contributed by atoms with van der Waals surface area (Å²) >= 11 is 0. The molecule has 0 radical (unpaired) electrons. The standard InChI is InChI=1S/C20H22FN3O2/c1-22-20(26)15-4-8-17(9-5-15)23-19(25)13-24(18-10-11-18)12-14-2-6-16(21)7-3-14/h2-9,18H,10-13H2,1H3,(H,22,26)(H,23,25). The van der Waals surface area contributed by atoms with Crippen molar-refractivity contribution in [1.29, 1.82) is 0 Å². The fourth-order valence-electron chi connectivity index (χ4n) is 2.81. The molecule has 2 aromatic carbocycles. The summed E-state index contributed by atoms with van der Waals surface area (Å²) in [6.45, 7) is 0.896. The maximum absolute atomic E-state index is 13.0. The van der Waals surface area contributed by atoms with Crippen molar-refractivity contribution in [2.45, 2.75) is 25.4 Å². The highest BCUT2D eigenvalue weighted by Crippen LogP contribution is 2.28. The number of carbonyl (C=O) groups excluding carboxylic acids is 2. The highest BCUT2D eigenvalue weighted by molar-refractivity contribution is 5.96. The van der Waals surface area contributed by atoms with Gasteiger partial charge in [-0.05, 0) is 54.8 Å². The van der Waals surface area contributed by atoms with Crippen LogP contribution in [0.3, 0.4) is 0 Å². The number of rotatable bonds is 7. The van der Waals surface area contributed by atoms with Crippen molar-refractivity contribution in [3.05, 3.63) is 65.5 Å². The number of nitrogens with one attached hydrogen (secondary N) is 2. The number of hydrogen-bond acceptors (Lipinski definition) is 3. The number of hydrogen-bond donors (Lipinski definition) is 2. The molecule has 5 nitrogen and oxygen atoms in total. The van der Waals surface area contributed by atoms with Crippen molar-refractivity contribution in [2.24, 2.45) is 0 Å². The lowest BCUT2D eigenvalue weighted by Crippen LogP contribution is -2.34. The predicted octanol–water partition coefficient (Wildman–Crippen LogP) is 2.79. The highest BCUT2D eigenvalue weighted by atomic mass is 19.1. The molecule has 2 amide bonds. The van der Waals surface area contributed by atoms with Gasteiger partial charge in [-0.15, -0.1) is 0 Å². The van der Waals surface area contributed by atoms with Crippen LogP contribution in [0, 0.1) is 5.82 Å². The quantitative estimate of drug-likeness (QED) is 0.803. The number of benzene rings is 2. The SMILES string of the molecule is CNC(=O)c1ccc(NC(=O)CN(Cc2ccc(F)cc2)C2CC2)cc1. The van der Waals surface area contributed by atoms with Crippen LogP contribution in [0.25, 0.3) is 0 Å². The summed E-state index contributed by atoms with van der Waals surface area (Å²) in [7, 11) is 1.58. The lowest BCUT2D eigenvalue weighted by Gasteiger charge is -2.21. The van der Waals surface area contributed by atoms with E-state index in [1.807, 2.05) is 0 Å². The lowest BCUT2D eigenvalue weighted by atomic mass is 10.2. The molecule has 0 atom stereocenters. The van der Waals surface area contributed by atoms with E-state index >= 15 is 0 Å². The zero-order chi connectivity index (χ0) is 18.5. The first kappa shape index (κ1) is 18.1. The molecular weight excluding hydrogens is 333 g/mol. The maximum Gasteiger partial charge on any atom is 0.251 e. The Hall–Kier alpha value is -2.73. The molecular formula is C20H22FN3O2. The summed E-state index contributed by atoms with van der Waals surface area (Å²) in [5.74, 6) is -0.529. The fraction of sp³-hybridized carbons (Fsp3) is 0.300. The van der Waals surface area contributed by atoms with Crippen LogP contribution in [0.1, 0.15) is 28.8 Å². The van der Waals surface area contributed by atoms with Gasteiger partial charge in [0.1, 0.15) is 5.82 Å². The largest absolute Gasteiger partial charge is 0.355 e. The molecule has 0 aromatic heterocycles. The van der Waals surface area contributed by atoms with Crippen LogP contribution < -0.4 is 10.6 Å². The summed E-state index contributed by atoms with van der Waals surface area (Å²) in [4.78, 5) is 26.0. The summed E-state index contributed by atoms with van der Waals surface area (Å²) in [6.07, 6.45) is 2.16. The third-order valence-corrected chi connectivity index (χ3v) is 4.37. The summed E-state index contributed by atoms with van der Waals surface area (Å²) < 4.78 is 13.0. The molecule has 1 aliphatic carbocycles. The minimum absolute atomic E-state index is 0.105. The van der Waals surface area contributed by atoms with Gasteiger partial charge in [-0.2, -0.15) is 0 Å². The number of amides is 2. The van der Waals surface area contributed by atoms with Crippen molar-refractivity contribution in [3.8, 4) is 0 Å². The van der Waals surface area contributed by atoms with Crippen molar-refractivity contribution < 1.29 is 14.0 Å².